The van der Waals surface area contributed by atoms with Crippen LogP contribution in [0.2, 0.25) is 0 Å². The second-order valence-corrected chi connectivity index (χ2v) is 4.53. The Morgan fingerprint density at radius 3 is 3.07 bits per heavy atom. The van der Waals surface area contributed by atoms with E-state index in [0.29, 0.717) is 5.92 Å². The maximum Gasteiger partial charge on any atom is 0.250 e. The van der Waals surface area contributed by atoms with Crippen molar-refractivity contribution in [1.82, 2.24) is 4.57 Å². The van der Waals surface area contributed by atoms with Crippen molar-refractivity contribution >= 4 is 0 Å². The Kier molecular flexibility index (Phi) is 1.76. The zero-order chi connectivity index (χ0) is 9.54. The van der Waals surface area contributed by atoms with E-state index in [1.807, 2.05) is 10.6 Å². The van der Waals surface area contributed by atoms with E-state index in [1.54, 1.807) is 6.07 Å². The molecule has 74 valence electrons. The summed E-state index contributed by atoms with van der Waals surface area (Å²) in [6.45, 7) is 0.941. The van der Waals surface area contributed by atoms with Gasteiger partial charge in [0.2, 0.25) is 0 Å². The number of hydrogen-bond donors (Lipinski definition) is 0. The third-order valence-electron chi connectivity index (χ3n) is 3.85. The summed E-state index contributed by atoms with van der Waals surface area (Å²) in [6, 6.07) is 5.73. The van der Waals surface area contributed by atoms with Gasteiger partial charge in [-0.1, -0.05) is 12.5 Å². The highest BCUT2D eigenvalue weighted by molar-refractivity contribution is 5.16. The summed E-state index contributed by atoms with van der Waals surface area (Å²) in [6.07, 6.45) is 5.21. The highest BCUT2D eigenvalue weighted by Gasteiger charge is 2.33. The normalized spacial score (nSPS) is 29.7. The lowest BCUT2D eigenvalue weighted by atomic mass is 9.86. The molecule has 0 saturated heterocycles. The molecule has 2 heterocycles. The molecule has 0 amide bonds. The van der Waals surface area contributed by atoms with E-state index in [1.165, 1.54) is 31.4 Å². The Morgan fingerprint density at radius 2 is 2.14 bits per heavy atom. The molecule has 0 N–H and O–H groups in total. The van der Waals surface area contributed by atoms with Gasteiger partial charge in [-0.25, -0.2) is 0 Å². The molecule has 2 atom stereocenters. The van der Waals surface area contributed by atoms with E-state index in [-0.39, 0.29) is 5.56 Å². The fourth-order valence-corrected chi connectivity index (χ4v) is 3.17. The van der Waals surface area contributed by atoms with Gasteiger partial charge in [-0.15, -0.1) is 0 Å². The van der Waals surface area contributed by atoms with Gasteiger partial charge in [0.25, 0.3) is 5.56 Å². The van der Waals surface area contributed by atoms with Gasteiger partial charge >= 0.3 is 0 Å². The second-order valence-electron chi connectivity index (χ2n) is 4.53. The first-order chi connectivity index (χ1) is 6.86. The van der Waals surface area contributed by atoms with Crippen molar-refractivity contribution in [1.29, 1.82) is 0 Å². The third kappa shape index (κ3) is 1.06. The minimum atomic E-state index is 0.188. The van der Waals surface area contributed by atoms with Crippen molar-refractivity contribution in [2.45, 2.75) is 38.1 Å². The molecule has 1 aromatic rings. The molecule has 1 aliphatic carbocycles. The van der Waals surface area contributed by atoms with Gasteiger partial charge in [-0.3, -0.25) is 4.79 Å². The van der Waals surface area contributed by atoms with Crippen LogP contribution in [-0.4, -0.2) is 4.57 Å². The van der Waals surface area contributed by atoms with Crippen LogP contribution in [0.25, 0.3) is 0 Å². The van der Waals surface area contributed by atoms with Gasteiger partial charge in [0.15, 0.2) is 0 Å². The van der Waals surface area contributed by atoms with Crippen LogP contribution in [0, 0.1) is 5.92 Å². The standard InChI is InChI=1S/C12H15NO/c14-12-6-2-5-11-10-4-1-3-9(10)7-8-13(11)12/h2,5-6,9-10H,1,3-4,7-8H2/t9-,10-/m0/s1. The lowest BCUT2D eigenvalue weighted by molar-refractivity contribution is 0.348. The molecule has 0 spiro atoms. The van der Waals surface area contributed by atoms with E-state index >= 15 is 0 Å². The minimum absolute atomic E-state index is 0.188. The zero-order valence-corrected chi connectivity index (χ0v) is 8.28. The SMILES string of the molecule is O=c1cccc2n1CC[C@@H]1CCC[C@H]21. The summed E-state index contributed by atoms with van der Waals surface area (Å²) in [4.78, 5) is 11.6. The van der Waals surface area contributed by atoms with Gasteiger partial charge in [0.1, 0.15) is 0 Å². The summed E-state index contributed by atoms with van der Waals surface area (Å²) < 4.78 is 1.98. The summed E-state index contributed by atoms with van der Waals surface area (Å²) in [5.41, 5.74) is 1.49. The quantitative estimate of drug-likeness (QED) is 0.613. The van der Waals surface area contributed by atoms with Gasteiger partial charge in [0.05, 0.1) is 0 Å². The van der Waals surface area contributed by atoms with Crippen molar-refractivity contribution in [3.05, 3.63) is 34.2 Å². The summed E-state index contributed by atoms with van der Waals surface area (Å²) in [5, 5.41) is 0. The number of fused-ring (bicyclic) bond motifs is 3. The highest BCUT2D eigenvalue weighted by Crippen LogP contribution is 2.43. The van der Waals surface area contributed by atoms with Crippen LogP contribution >= 0.6 is 0 Å². The number of nitrogens with zero attached hydrogens (tertiary/aromatic N) is 1. The number of rotatable bonds is 0. The molecule has 2 heteroatoms. The van der Waals surface area contributed by atoms with Crippen LogP contribution in [0.15, 0.2) is 23.0 Å². The maximum absolute atomic E-state index is 11.6. The molecule has 14 heavy (non-hydrogen) atoms. The Balaban J connectivity index is 2.14. The maximum atomic E-state index is 11.6. The van der Waals surface area contributed by atoms with Gasteiger partial charge in [-0.2, -0.15) is 0 Å². The monoisotopic (exact) mass is 189 g/mol. The molecule has 3 rings (SSSR count). The Labute approximate surface area is 83.6 Å². The fraction of sp³-hybridized carbons (Fsp3) is 0.583. The van der Waals surface area contributed by atoms with E-state index in [2.05, 4.69) is 6.07 Å². The predicted molar refractivity (Wildman–Crippen MR) is 55.4 cm³/mol. The van der Waals surface area contributed by atoms with Crippen molar-refractivity contribution in [2.24, 2.45) is 5.92 Å². The van der Waals surface area contributed by atoms with E-state index < -0.39 is 0 Å². The molecule has 1 saturated carbocycles. The van der Waals surface area contributed by atoms with Gasteiger partial charge in [-0.05, 0) is 31.2 Å². The van der Waals surface area contributed by atoms with Crippen molar-refractivity contribution < 1.29 is 0 Å². The van der Waals surface area contributed by atoms with Crippen LogP contribution in [0.5, 0.6) is 0 Å². The smallest absolute Gasteiger partial charge is 0.250 e. The average molecular weight is 189 g/mol. The minimum Gasteiger partial charge on any atom is -0.312 e. The van der Waals surface area contributed by atoms with Gasteiger partial charge in [0, 0.05) is 24.2 Å². The average Bonchev–Trinajstić information content (AvgIpc) is 2.66. The molecular weight excluding hydrogens is 174 g/mol. The number of aromatic nitrogens is 1. The molecule has 0 aromatic carbocycles. The topological polar surface area (TPSA) is 22.0 Å². The molecule has 0 unspecified atom stereocenters. The molecule has 2 nitrogen and oxygen atoms in total. The van der Waals surface area contributed by atoms with Crippen molar-refractivity contribution in [3.63, 3.8) is 0 Å². The Hall–Kier alpha value is -1.05. The zero-order valence-electron chi connectivity index (χ0n) is 8.28. The molecular formula is C12H15NO. The van der Waals surface area contributed by atoms with Crippen LogP contribution in [0.3, 0.4) is 0 Å². The van der Waals surface area contributed by atoms with Crippen molar-refractivity contribution in [2.75, 3.05) is 0 Å². The summed E-state index contributed by atoms with van der Waals surface area (Å²) >= 11 is 0. The first-order valence-corrected chi connectivity index (χ1v) is 5.56. The lowest BCUT2D eigenvalue weighted by Crippen LogP contribution is -2.30. The summed E-state index contributed by atoms with van der Waals surface area (Å²) in [5.74, 6) is 1.54. The van der Waals surface area contributed by atoms with Gasteiger partial charge < -0.3 is 4.57 Å². The van der Waals surface area contributed by atoms with E-state index in [9.17, 15) is 4.79 Å². The second kappa shape index (κ2) is 2.97. The first-order valence-electron chi connectivity index (χ1n) is 5.56. The van der Waals surface area contributed by atoms with Crippen LogP contribution in [0.1, 0.15) is 37.3 Å². The molecule has 0 radical (unpaired) electrons. The van der Waals surface area contributed by atoms with Crippen molar-refractivity contribution in [3.8, 4) is 0 Å². The van der Waals surface area contributed by atoms with E-state index in [4.69, 9.17) is 0 Å². The summed E-state index contributed by atoms with van der Waals surface area (Å²) in [7, 11) is 0. The third-order valence-corrected chi connectivity index (χ3v) is 3.85. The predicted octanol–water partition coefficient (Wildman–Crippen LogP) is 2.14. The molecule has 1 aromatic heterocycles. The first kappa shape index (κ1) is 8.27. The molecule has 1 fully saturated rings. The molecule has 2 aliphatic rings. The Morgan fingerprint density at radius 1 is 1.21 bits per heavy atom. The largest absolute Gasteiger partial charge is 0.312 e. The number of pyridine rings is 1. The fourth-order valence-electron chi connectivity index (χ4n) is 3.17. The molecule has 0 bridgehead atoms. The van der Waals surface area contributed by atoms with E-state index in [0.717, 1.165) is 12.5 Å². The Bertz CT molecular complexity index is 407. The number of hydrogen-bond acceptors (Lipinski definition) is 1. The lowest BCUT2D eigenvalue weighted by Gasteiger charge is -2.29. The van der Waals surface area contributed by atoms with Crippen LogP contribution in [-0.2, 0) is 6.54 Å². The molecule has 1 aliphatic heterocycles. The highest BCUT2D eigenvalue weighted by atomic mass is 16.1. The van der Waals surface area contributed by atoms with Crippen LogP contribution in [0.4, 0.5) is 0 Å². The van der Waals surface area contributed by atoms with Crippen LogP contribution < -0.4 is 5.56 Å².